The number of likely N-dealkylation sites (tertiary alicyclic amines) is 1. The average molecular weight is 276 g/mol. The summed E-state index contributed by atoms with van der Waals surface area (Å²) in [6.45, 7) is 8.97. The summed E-state index contributed by atoms with van der Waals surface area (Å²) in [5.41, 5.74) is 1.42. The lowest BCUT2D eigenvalue weighted by molar-refractivity contribution is 0.128. The molecule has 0 radical (unpaired) electrons. The van der Waals surface area contributed by atoms with Crippen LogP contribution in [0.25, 0.3) is 0 Å². The van der Waals surface area contributed by atoms with E-state index in [2.05, 4.69) is 47.1 Å². The number of likely N-dealkylation sites (N-methyl/N-ethyl adjacent to an activating group) is 1. The van der Waals surface area contributed by atoms with Gasteiger partial charge in [0, 0.05) is 19.6 Å². The van der Waals surface area contributed by atoms with E-state index in [1.165, 1.54) is 31.5 Å². The van der Waals surface area contributed by atoms with Crippen molar-refractivity contribution in [2.45, 2.75) is 26.3 Å². The highest BCUT2D eigenvalue weighted by atomic mass is 16.3. The molecule has 3 heteroatoms. The van der Waals surface area contributed by atoms with Crippen molar-refractivity contribution in [3.8, 4) is 0 Å². The normalized spacial score (nSPS) is 17.8. The van der Waals surface area contributed by atoms with Gasteiger partial charge in [-0.1, -0.05) is 37.3 Å². The molecule has 2 rings (SSSR count). The van der Waals surface area contributed by atoms with Crippen LogP contribution >= 0.6 is 0 Å². The van der Waals surface area contributed by atoms with Gasteiger partial charge < -0.3 is 10.0 Å². The zero-order valence-corrected chi connectivity index (χ0v) is 12.7. The molecule has 0 bridgehead atoms. The topological polar surface area (TPSA) is 26.7 Å². The van der Waals surface area contributed by atoms with Crippen LogP contribution in [0, 0.1) is 5.92 Å². The Hall–Kier alpha value is -0.900. The maximum Gasteiger partial charge on any atom is 0.0558 e. The highest BCUT2D eigenvalue weighted by Crippen LogP contribution is 2.20. The molecule has 0 amide bonds. The molecule has 1 aromatic carbocycles. The molecule has 0 aliphatic carbocycles. The summed E-state index contributed by atoms with van der Waals surface area (Å²) in [7, 11) is 0. The van der Waals surface area contributed by atoms with Crippen molar-refractivity contribution in [1.29, 1.82) is 0 Å². The summed E-state index contributed by atoms with van der Waals surface area (Å²) in [4.78, 5) is 4.94. The Kier molecular flexibility index (Phi) is 6.51. The van der Waals surface area contributed by atoms with E-state index in [0.29, 0.717) is 0 Å². The molecule has 0 spiro atoms. The minimum atomic E-state index is 0.278. The van der Waals surface area contributed by atoms with Crippen LogP contribution in [0.3, 0.4) is 0 Å². The second kappa shape index (κ2) is 8.40. The van der Waals surface area contributed by atoms with Gasteiger partial charge in [-0.3, -0.25) is 4.90 Å². The van der Waals surface area contributed by atoms with Crippen molar-refractivity contribution >= 4 is 0 Å². The number of rotatable bonds is 7. The lowest BCUT2D eigenvalue weighted by Gasteiger charge is -2.34. The van der Waals surface area contributed by atoms with Crippen LogP contribution < -0.4 is 0 Å². The van der Waals surface area contributed by atoms with Crippen molar-refractivity contribution < 1.29 is 5.11 Å². The molecule has 1 heterocycles. The molecule has 1 fully saturated rings. The average Bonchev–Trinajstić information content (AvgIpc) is 2.50. The van der Waals surface area contributed by atoms with Crippen LogP contribution in [0.4, 0.5) is 0 Å². The first-order valence-electron chi connectivity index (χ1n) is 7.91. The Bertz CT molecular complexity index is 361. The summed E-state index contributed by atoms with van der Waals surface area (Å²) in [6, 6.07) is 10.8. The Balaban J connectivity index is 1.72. The number of piperidine rings is 1. The zero-order chi connectivity index (χ0) is 14.2. The van der Waals surface area contributed by atoms with E-state index in [-0.39, 0.29) is 6.61 Å². The van der Waals surface area contributed by atoms with Gasteiger partial charge in [-0.15, -0.1) is 0 Å². The van der Waals surface area contributed by atoms with Crippen molar-refractivity contribution in [1.82, 2.24) is 9.80 Å². The van der Waals surface area contributed by atoms with Gasteiger partial charge in [0.2, 0.25) is 0 Å². The van der Waals surface area contributed by atoms with Gasteiger partial charge >= 0.3 is 0 Å². The molecule has 112 valence electrons. The molecular formula is C17H28N2O. The molecule has 0 unspecified atom stereocenters. The Labute approximate surface area is 123 Å². The second-order valence-electron chi connectivity index (χ2n) is 5.82. The highest BCUT2D eigenvalue weighted by molar-refractivity contribution is 5.14. The summed E-state index contributed by atoms with van der Waals surface area (Å²) >= 11 is 0. The first-order chi connectivity index (χ1) is 9.81. The largest absolute Gasteiger partial charge is 0.395 e. The van der Waals surface area contributed by atoms with E-state index in [9.17, 15) is 0 Å². The molecule has 1 saturated heterocycles. The SMILES string of the molecule is CCN(CCO)CC1CCN(Cc2ccccc2)CC1. The summed E-state index contributed by atoms with van der Waals surface area (Å²) < 4.78 is 0. The number of benzene rings is 1. The van der Waals surface area contributed by atoms with Crippen LogP contribution in [-0.2, 0) is 6.54 Å². The smallest absolute Gasteiger partial charge is 0.0558 e. The van der Waals surface area contributed by atoms with Gasteiger partial charge in [-0.25, -0.2) is 0 Å². The van der Waals surface area contributed by atoms with E-state index < -0.39 is 0 Å². The number of aliphatic hydroxyl groups excluding tert-OH is 1. The molecular weight excluding hydrogens is 248 g/mol. The van der Waals surface area contributed by atoms with Gasteiger partial charge in [0.1, 0.15) is 0 Å². The van der Waals surface area contributed by atoms with E-state index in [0.717, 1.165) is 32.1 Å². The maximum atomic E-state index is 9.05. The standard InChI is InChI=1S/C17H28N2O/c1-2-18(12-13-20)14-17-8-10-19(11-9-17)15-16-6-4-3-5-7-16/h3-7,17,20H,2,8-15H2,1H3. The van der Waals surface area contributed by atoms with Crippen molar-refractivity contribution in [3.05, 3.63) is 35.9 Å². The van der Waals surface area contributed by atoms with Crippen molar-refractivity contribution in [2.24, 2.45) is 5.92 Å². The number of hydrogen-bond donors (Lipinski definition) is 1. The molecule has 0 atom stereocenters. The maximum absolute atomic E-state index is 9.05. The summed E-state index contributed by atoms with van der Waals surface area (Å²) in [5, 5.41) is 9.05. The predicted molar refractivity (Wildman–Crippen MR) is 83.6 cm³/mol. The number of hydrogen-bond acceptors (Lipinski definition) is 3. The third kappa shape index (κ3) is 4.89. The minimum absolute atomic E-state index is 0.278. The summed E-state index contributed by atoms with van der Waals surface area (Å²) in [5.74, 6) is 0.800. The van der Waals surface area contributed by atoms with Gasteiger partial charge in [-0.05, 0) is 44.0 Å². The fraction of sp³-hybridized carbons (Fsp3) is 0.647. The monoisotopic (exact) mass is 276 g/mol. The second-order valence-corrected chi connectivity index (χ2v) is 5.82. The van der Waals surface area contributed by atoms with Gasteiger partial charge in [0.15, 0.2) is 0 Å². The number of nitrogens with zero attached hydrogens (tertiary/aromatic N) is 2. The van der Waals surface area contributed by atoms with Crippen molar-refractivity contribution in [3.63, 3.8) is 0 Å². The Morgan fingerprint density at radius 3 is 2.50 bits per heavy atom. The first-order valence-corrected chi connectivity index (χ1v) is 7.91. The van der Waals surface area contributed by atoms with Gasteiger partial charge in [0.25, 0.3) is 0 Å². The van der Waals surface area contributed by atoms with E-state index in [1.54, 1.807) is 0 Å². The zero-order valence-electron chi connectivity index (χ0n) is 12.7. The number of aliphatic hydroxyl groups is 1. The van der Waals surface area contributed by atoms with Crippen LogP contribution in [0.15, 0.2) is 30.3 Å². The highest BCUT2D eigenvalue weighted by Gasteiger charge is 2.20. The Morgan fingerprint density at radius 2 is 1.90 bits per heavy atom. The molecule has 1 aliphatic rings. The molecule has 3 nitrogen and oxygen atoms in total. The van der Waals surface area contributed by atoms with Gasteiger partial charge in [-0.2, -0.15) is 0 Å². The molecule has 1 aromatic rings. The lowest BCUT2D eigenvalue weighted by Crippen LogP contribution is -2.39. The quantitative estimate of drug-likeness (QED) is 0.827. The van der Waals surface area contributed by atoms with E-state index in [1.807, 2.05) is 0 Å². The van der Waals surface area contributed by atoms with Crippen molar-refractivity contribution in [2.75, 3.05) is 39.3 Å². The summed E-state index contributed by atoms with van der Waals surface area (Å²) in [6.07, 6.45) is 2.57. The van der Waals surface area contributed by atoms with E-state index >= 15 is 0 Å². The molecule has 0 saturated carbocycles. The van der Waals surface area contributed by atoms with E-state index in [4.69, 9.17) is 5.11 Å². The molecule has 20 heavy (non-hydrogen) atoms. The predicted octanol–water partition coefficient (Wildman–Crippen LogP) is 2.21. The molecule has 0 aromatic heterocycles. The third-order valence-corrected chi connectivity index (χ3v) is 4.34. The third-order valence-electron chi connectivity index (χ3n) is 4.34. The fourth-order valence-corrected chi connectivity index (χ4v) is 3.05. The first kappa shape index (κ1) is 15.5. The van der Waals surface area contributed by atoms with Gasteiger partial charge in [0.05, 0.1) is 6.61 Å². The van der Waals surface area contributed by atoms with Crippen LogP contribution in [-0.4, -0.2) is 54.2 Å². The van der Waals surface area contributed by atoms with Crippen LogP contribution in [0.5, 0.6) is 0 Å². The molecule has 1 aliphatic heterocycles. The lowest BCUT2D eigenvalue weighted by atomic mass is 9.95. The van der Waals surface area contributed by atoms with Crippen LogP contribution in [0.2, 0.25) is 0 Å². The Morgan fingerprint density at radius 1 is 1.20 bits per heavy atom. The minimum Gasteiger partial charge on any atom is -0.395 e. The fourth-order valence-electron chi connectivity index (χ4n) is 3.05. The van der Waals surface area contributed by atoms with Crippen LogP contribution in [0.1, 0.15) is 25.3 Å². The molecule has 1 N–H and O–H groups in total.